The first-order chi connectivity index (χ1) is 7.83. The van der Waals surface area contributed by atoms with Crippen LogP contribution in [0.1, 0.15) is 37.3 Å². The van der Waals surface area contributed by atoms with Crippen molar-refractivity contribution in [2.75, 3.05) is 0 Å². The van der Waals surface area contributed by atoms with Crippen molar-refractivity contribution in [3.05, 3.63) is 47.4 Å². The second-order valence-electron chi connectivity index (χ2n) is 3.62. The number of halogens is 2. The molecule has 0 nitrogen and oxygen atoms in total. The number of unbranched alkanes of at least 4 members (excludes halogenated alkanes) is 1. The van der Waals surface area contributed by atoms with Crippen LogP contribution in [0.3, 0.4) is 0 Å². The maximum absolute atomic E-state index is 2.45. The van der Waals surface area contributed by atoms with E-state index < -0.39 is 0 Å². The summed E-state index contributed by atoms with van der Waals surface area (Å²) in [5.41, 5.74) is 2.82. The maximum atomic E-state index is 2.45. The summed E-state index contributed by atoms with van der Waals surface area (Å²) in [7, 11) is 0. The molecule has 3 heteroatoms. The molecule has 0 aliphatic heterocycles. The number of benzene rings is 1. The number of rotatable bonds is 3. The van der Waals surface area contributed by atoms with E-state index in [4.69, 9.17) is 0 Å². The van der Waals surface area contributed by atoms with Crippen LogP contribution in [0.4, 0.5) is 0 Å². The normalized spacial score (nSPS) is 12.9. The molecule has 0 spiro atoms. The van der Waals surface area contributed by atoms with Crippen LogP contribution in [-0.4, -0.2) is 0 Å². The third-order valence-corrected chi connectivity index (χ3v) is 2.57. The molecule has 1 aromatic rings. The Labute approximate surface area is 129 Å². The molecule has 16 heavy (non-hydrogen) atoms. The first kappa shape index (κ1) is 15.4. The molecule has 0 unspecified atom stereocenters. The molecule has 0 N–H and O–H groups in total. The van der Waals surface area contributed by atoms with Crippen LogP contribution in [0.5, 0.6) is 0 Å². The molecule has 0 saturated carbocycles. The van der Waals surface area contributed by atoms with Gasteiger partial charge < -0.3 is 0 Å². The van der Waals surface area contributed by atoms with Gasteiger partial charge in [-0.1, -0.05) is 56.2 Å². The van der Waals surface area contributed by atoms with Crippen LogP contribution >= 0.6 is 36.1 Å². The van der Waals surface area contributed by atoms with Crippen molar-refractivity contribution in [1.82, 2.24) is 0 Å². The van der Waals surface area contributed by atoms with Crippen LogP contribution in [-0.2, 0) is 14.9 Å². The summed E-state index contributed by atoms with van der Waals surface area (Å²) in [6, 6.07) is 8.63. The zero-order valence-corrected chi connectivity index (χ0v) is 16.1. The molecular weight excluding hydrogens is 501 g/mol. The molecule has 0 saturated heterocycles. The van der Waals surface area contributed by atoms with E-state index in [1.54, 1.807) is 0 Å². The molecule has 0 bridgehead atoms. The average molecular weight is 516 g/mol. The Morgan fingerprint density at radius 3 is 2.50 bits per heavy atom. The van der Waals surface area contributed by atoms with Crippen molar-refractivity contribution in [1.29, 1.82) is 0 Å². The van der Waals surface area contributed by atoms with Gasteiger partial charge in [-0.2, -0.15) is 0 Å². The number of hydrogen-bond donors (Lipinski definition) is 0. The summed E-state index contributed by atoms with van der Waals surface area (Å²) >= 11 is 5.06. The Bertz CT molecular complexity index is 336. The fourth-order valence-corrected chi connectivity index (χ4v) is 1.80. The van der Waals surface area contributed by atoms with E-state index in [2.05, 4.69) is 79.4 Å². The Kier molecular flexibility index (Phi) is 8.89. The molecule has 85 valence electrons. The first-order valence-corrected chi connectivity index (χ1v) is 20.0. The van der Waals surface area contributed by atoms with Crippen molar-refractivity contribution in [3.63, 3.8) is 0 Å². The molecular formula is C13H15I2Zr. The standard InChI is InChI=1S/C13H15.2HI.Zr/c1-2-3-6-11-9-10-12-7-4-5-8-13(11)12;;;/h4-5,7-10H,2-3,6H2,1H3;2*1H;/q;;;+2/p-2. The zero-order valence-electron chi connectivity index (χ0n) is 9.34. The summed E-state index contributed by atoms with van der Waals surface area (Å²) in [5, 5.41) is 0. The van der Waals surface area contributed by atoms with Crippen LogP contribution in [0.25, 0.3) is 6.08 Å². The second-order valence-corrected chi connectivity index (χ2v) is 22.6. The van der Waals surface area contributed by atoms with Crippen LogP contribution < -0.4 is 0 Å². The zero-order chi connectivity index (χ0) is 11.8. The monoisotopic (exact) mass is 515 g/mol. The van der Waals surface area contributed by atoms with Gasteiger partial charge in [0.05, 0.1) is 0 Å². The SMILES string of the molecule is CCCC[C]1C=Cc2ccccc21.[I][Zr][I]. The molecule has 1 radical (unpaired) electrons. The van der Waals surface area contributed by atoms with Crippen molar-refractivity contribution < 1.29 is 14.9 Å². The molecule has 1 aliphatic carbocycles. The van der Waals surface area contributed by atoms with Gasteiger partial charge in [0, 0.05) is 5.92 Å². The topological polar surface area (TPSA) is 0 Å². The molecule has 0 heterocycles. The van der Waals surface area contributed by atoms with E-state index in [9.17, 15) is 0 Å². The Balaban J connectivity index is 0.000000386. The van der Waals surface area contributed by atoms with E-state index in [-0.39, 0.29) is 14.9 Å². The summed E-state index contributed by atoms with van der Waals surface area (Å²) in [6.45, 7) is 2.24. The van der Waals surface area contributed by atoms with Gasteiger partial charge in [-0.3, -0.25) is 0 Å². The van der Waals surface area contributed by atoms with Gasteiger partial charge >= 0.3 is 50.9 Å². The third kappa shape index (κ3) is 4.89. The van der Waals surface area contributed by atoms with Gasteiger partial charge in [-0.15, -0.1) is 0 Å². The number of hydrogen-bond acceptors (Lipinski definition) is 0. The molecule has 1 aromatic carbocycles. The summed E-state index contributed by atoms with van der Waals surface area (Å²) in [6.07, 6.45) is 8.29. The van der Waals surface area contributed by atoms with Crippen molar-refractivity contribution in [2.45, 2.75) is 26.2 Å². The van der Waals surface area contributed by atoms with Crippen LogP contribution in [0, 0.1) is 5.92 Å². The Morgan fingerprint density at radius 1 is 1.12 bits per heavy atom. The Hall–Kier alpha value is 1.30. The molecule has 0 atom stereocenters. The van der Waals surface area contributed by atoms with Crippen LogP contribution in [0.15, 0.2) is 30.3 Å². The fraction of sp³-hybridized carbons (Fsp3) is 0.308. The predicted molar refractivity (Wildman–Crippen MR) is 85.4 cm³/mol. The van der Waals surface area contributed by atoms with Gasteiger partial charge in [0.2, 0.25) is 0 Å². The number of allylic oxidation sites excluding steroid dienone is 1. The summed E-state index contributed by atoms with van der Waals surface area (Å²) in [4.78, 5) is 0. The van der Waals surface area contributed by atoms with Gasteiger partial charge in [0.1, 0.15) is 0 Å². The van der Waals surface area contributed by atoms with Crippen molar-refractivity contribution in [3.8, 4) is 0 Å². The summed E-state index contributed by atoms with van der Waals surface area (Å²) in [5.74, 6) is 1.51. The van der Waals surface area contributed by atoms with E-state index in [0.717, 1.165) is 0 Å². The minimum absolute atomic E-state index is 0.170. The van der Waals surface area contributed by atoms with E-state index in [1.807, 2.05) is 0 Å². The van der Waals surface area contributed by atoms with Gasteiger partial charge in [0.25, 0.3) is 0 Å². The number of fused-ring (bicyclic) bond motifs is 1. The molecule has 0 amide bonds. The summed E-state index contributed by atoms with van der Waals surface area (Å²) < 4.78 is 0. The van der Waals surface area contributed by atoms with Gasteiger partial charge in [-0.05, 0) is 17.5 Å². The van der Waals surface area contributed by atoms with Crippen molar-refractivity contribution in [2.24, 2.45) is 0 Å². The van der Waals surface area contributed by atoms with E-state index in [1.165, 1.54) is 36.3 Å². The van der Waals surface area contributed by atoms with Gasteiger partial charge in [-0.25, -0.2) is 0 Å². The molecule has 1 aliphatic rings. The molecule has 2 rings (SSSR count). The van der Waals surface area contributed by atoms with Crippen molar-refractivity contribution >= 4 is 42.2 Å². The molecule has 0 aromatic heterocycles. The minimum atomic E-state index is 0.170. The fourth-order valence-electron chi connectivity index (χ4n) is 1.80. The third-order valence-electron chi connectivity index (χ3n) is 2.57. The van der Waals surface area contributed by atoms with E-state index in [0.29, 0.717) is 0 Å². The second kappa shape index (κ2) is 9.26. The first-order valence-electron chi connectivity index (χ1n) is 5.43. The molecule has 0 fully saturated rings. The quantitative estimate of drug-likeness (QED) is 0.460. The van der Waals surface area contributed by atoms with E-state index >= 15 is 0 Å². The Morgan fingerprint density at radius 2 is 1.81 bits per heavy atom. The van der Waals surface area contributed by atoms with Crippen LogP contribution in [0.2, 0.25) is 0 Å². The van der Waals surface area contributed by atoms with Gasteiger partial charge in [0.15, 0.2) is 0 Å². The average Bonchev–Trinajstić information content (AvgIpc) is 2.71. The predicted octanol–water partition coefficient (Wildman–Crippen LogP) is 5.60.